The third-order valence-electron chi connectivity index (χ3n) is 3.64. The Kier molecular flexibility index (Phi) is 5.22. The van der Waals surface area contributed by atoms with E-state index in [1.54, 1.807) is 14.2 Å². The van der Waals surface area contributed by atoms with Crippen LogP contribution in [0.15, 0.2) is 24.3 Å². The summed E-state index contributed by atoms with van der Waals surface area (Å²) >= 11 is 5.95. The molecule has 2 atom stereocenters. The predicted octanol–water partition coefficient (Wildman–Crippen LogP) is 3.39. The molecule has 19 heavy (non-hydrogen) atoms. The predicted molar refractivity (Wildman–Crippen MR) is 77.3 cm³/mol. The van der Waals surface area contributed by atoms with Crippen molar-refractivity contribution in [1.29, 1.82) is 0 Å². The summed E-state index contributed by atoms with van der Waals surface area (Å²) in [4.78, 5) is 0. The average molecular weight is 284 g/mol. The van der Waals surface area contributed by atoms with E-state index in [4.69, 9.17) is 21.1 Å². The molecule has 0 heterocycles. The highest BCUT2D eigenvalue weighted by molar-refractivity contribution is 6.30. The molecule has 0 aliphatic heterocycles. The van der Waals surface area contributed by atoms with Crippen molar-refractivity contribution in [2.45, 2.75) is 38.1 Å². The monoisotopic (exact) mass is 283 g/mol. The van der Waals surface area contributed by atoms with Gasteiger partial charge in [0.05, 0.1) is 6.04 Å². The Bertz CT molecular complexity index is 388. The lowest BCUT2D eigenvalue weighted by Crippen LogP contribution is -2.42. The third kappa shape index (κ3) is 3.93. The maximum absolute atomic E-state index is 5.95. The summed E-state index contributed by atoms with van der Waals surface area (Å²) in [5.74, 6) is 0.706. The van der Waals surface area contributed by atoms with Crippen LogP contribution in [0.3, 0.4) is 0 Å². The minimum absolute atomic E-state index is 0.135. The molecule has 1 aromatic rings. The van der Waals surface area contributed by atoms with Gasteiger partial charge in [-0.1, -0.05) is 23.7 Å². The Morgan fingerprint density at radius 1 is 1.16 bits per heavy atom. The molecule has 0 bridgehead atoms. The molecular weight excluding hydrogens is 262 g/mol. The molecule has 3 nitrogen and oxygen atoms in total. The SMILES string of the molecule is COC(OC)C(C)NC(c1ccc(Cl)cc1)C1CC1. The molecular formula is C15H22ClNO2. The number of methoxy groups -OCH3 is 2. The van der Waals surface area contributed by atoms with Gasteiger partial charge in [0, 0.05) is 25.3 Å². The van der Waals surface area contributed by atoms with Crippen LogP contribution in [0.5, 0.6) is 0 Å². The maximum Gasteiger partial charge on any atom is 0.171 e. The topological polar surface area (TPSA) is 30.5 Å². The van der Waals surface area contributed by atoms with E-state index in [0.717, 1.165) is 5.02 Å². The van der Waals surface area contributed by atoms with E-state index in [2.05, 4.69) is 24.4 Å². The first-order chi connectivity index (χ1) is 9.15. The van der Waals surface area contributed by atoms with Crippen molar-refractivity contribution in [3.05, 3.63) is 34.9 Å². The average Bonchev–Trinajstić information content (AvgIpc) is 3.23. The first-order valence-corrected chi connectivity index (χ1v) is 7.10. The summed E-state index contributed by atoms with van der Waals surface area (Å²) in [6, 6.07) is 8.57. The molecule has 4 heteroatoms. The fourth-order valence-electron chi connectivity index (χ4n) is 2.47. The van der Waals surface area contributed by atoms with E-state index >= 15 is 0 Å². The van der Waals surface area contributed by atoms with Crippen molar-refractivity contribution >= 4 is 11.6 Å². The van der Waals surface area contributed by atoms with Gasteiger partial charge >= 0.3 is 0 Å². The summed E-state index contributed by atoms with van der Waals surface area (Å²) in [5.41, 5.74) is 1.28. The minimum atomic E-state index is -0.228. The second-order valence-electron chi connectivity index (χ2n) is 5.16. The normalized spacial score (nSPS) is 18.6. The molecule has 1 aliphatic carbocycles. The van der Waals surface area contributed by atoms with Crippen LogP contribution < -0.4 is 5.32 Å². The van der Waals surface area contributed by atoms with Crippen LogP contribution in [-0.2, 0) is 9.47 Å². The number of benzene rings is 1. The van der Waals surface area contributed by atoms with Gasteiger partial charge in [-0.2, -0.15) is 0 Å². The van der Waals surface area contributed by atoms with Crippen LogP contribution in [-0.4, -0.2) is 26.6 Å². The van der Waals surface area contributed by atoms with Crippen LogP contribution in [0.2, 0.25) is 5.02 Å². The zero-order valence-electron chi connectivity index (χ0n) is 11.7. The number of hydrogen-bond donors (Lipinski definition) is 1. The fourth-order valence-corrected chi connectivity index (χ4v) is 2.60. The molecule has 0 spiro atoms. The van der Waals surface area contributed by atoms with Gasteiger partial charge in [-0.05, 0) is 43.4 Å². The molecule has 2 rings (SSSR count). The van der Waals surface area contributed by atoms with E-state index < -0.39 is 0 Å². The van der Waals surface area contributed by atoms with E-state index in [1.165, 1.54) is 18.4 Å². The molecule has 1 saturated carbocycles. The van der Waals surface area contributed by atoms with Gasteiger partial charge in [0.2, 0.25) is 0 Å². The van der Waals surface area contributed by atoms with E-state index in [-0.39, 0.29) is 12.3 Å². The van der Waals surface area contributed by atoms with Crippen LogP contribution in [0.25, 0.3) is 0 Å². The van der Waals surface area contributed by atoms with Crippen LogP contribution in [0, 0.1) is 5.92 Å². The quantitative estimate of drug-likeness (QED) is 0.778. The van der Waals surface area contributed by atoms with E-state index in [1.807, 2.05) is 12.1 Å². The lowest BCUT2D eigenvalue weighted by atomic mass is 10.0. The molecule has 106 valence electrons. The highest BCUT2D eigenvalue weighted by Crippen LogP contribution is 2.41. The molecule has 0 amide bonds. The molecule has 0 aromatic heterocycles. The summed E-state index contributed by atoms with van der Waals surface area (Å²) in [7, 11) is 3.33. The summed E-state index contributed by atoms with van der Waals surface area (Å²) in [6.07, 6.45) is 2.32. The molecule has 0 saturated heterocycles. The van der Waals surface area contributed by atoms with Crippen LogP contribution >= 0.6 is 11.6 Å². The van der Waals surface area contributed by atoms with Gasteiger partial charge in [0.25, 0.3) is 0 Å². The van der Waals surface area contributed by atoms with Gasteiger partial charge in [-0.25, -0.2) is 0 Å². The van der Waals surface area contributed by atoms with Gasteiger partial charge < -0.3 is 14.8 Å². The summed E-state index contributed by atoms with van der Waals surface area (Å²) < 4.78 is 10.6. The van der Waals surface area contributed by atoms with Gasteiger partial charge in [-0.3, -0.25) is 0 Å². The Hall–Kier alpha value is -0.610. The molecule has 1 aliphatic rings. The van der Waals surface area contributed by atoms with Gasteiger partial charge in [0.15, 0.2) is 6.29 Å². The molecule has 1 aromatic carbocycles. The van der Waals surface area contributed by atoms with Gasteiger partial charge in [0.1, 0.15) is 0 Å². The van der Waals surface area contributed by atoms with Crippen molar-refractivity contribution in [3.63, 3.8) is 0 Å². The van der Waals surface area contributed by atoms with Crippen molar-refractivity contribution in [1.82, 2.24) is 5.32 Å². The van der Waals surface area contributed by atoms with E-state index in [0.29, 0.717) is 12.0 Å². The van der Waals surface area contributed by atoms with Crippen molar-refractivity contribution in [3.8, 4) is 0 Å². The third-order valence-corrected chi connectivity index (χ3v) is 3.89. The number of rotatable bonds is 7. The van der Waals surface area contributed by atoms with E-state index in [9.17, 15) is 0 Å². The Morgan fingerprint density at radius 3 is 2.21 bits per heavy atom. The lowest BCUT2D eigenvalue weighted by molar-refractivity contribution is -0.121. The second-order valence-corrected chi connectivity index (χ2v) is 5.60. The first kappa shape index (κ1) is 14.8. The molecule has 1 fully saturated rings. The molecule has 1 N–H and O–H groups in total. The number of halogens is 1. The van der Waals surface area contributed by atoms with Crippen molar-refractivity contribution in [2.24, 2.45) is 5.92 Å². The summed E-state index contributed by atoms with van der Waals surface area (Å²) in [6.45, 7) is 2.09. The zero-order valence-corrected chi connectivity index (χ0v) is 12.5. The summed E-state index contributed by atoms with van der Waals surface area (Å²) in [5, 5.41) is 4.40. The van der Waals surface area contributed by atoms with Crippen molar-refractivity contribution in [2.75, 3.05) is 14.2 Å². The minimum Gasteiger partial charge on any atom is -0.354 e. The van der Waals surface area contributed by atoms with Crippen molar-refractivity contribution < 1.29 is 9.47 Å². The Morgan fingerprint density at radius 2 is 1.74 bits per heavy atom. The molecule has 2 unspecified atom stereocenters. The van der Waals surface area contributed by atoms with Crippen LogP contribution in [0.1, 0.15) is 31.4 Å². The standard InChI is InChI=1S/C15H22ClNO2/c1-10(15(18-2)19-3)17-14(11-4-5-11)12-6-8-13(16)9-7-12/h6-11,14-15,17H,4-5H2,1-3H3. The largest absolute Gasteiger partial charge is 0.354 e. The maximum atomic E-state index is 5.95. The van der Waals surface area contributed by atoms with Crippen LogP contribution in [0.4, 0.5) is 0 Å². The number of nitrogens with one attached hydrogen (secondary N) is 1. The number of hydrogen-bond acceptors (Lipinski definition) is 3. The Balaban J connectivity index is 2.06. The second kappa shape index (κ2) is 6.71. The fraction of sp³-hybridized carbons (Fsp3) is 0.600. The highest BCUT2D eigenvalue weighted by Gasteiger charge is 2.34. The first-order valence-electron chi connectivity index (χ1n) is 6.72. The zero-order chi connectivity index (χ0) is 13.8. The molecule has 0 radical (unpaired) electrons. The number of ether oxygens (including phenoxy) is 2. The van der Waals surface area contributed by atoms with Gasteiger partial charge in [-0.15, -0.1) is 0 Å². The highest BCUT2D eigenvalue weighted by atomic mass is 35.5. The lowest BCUT2D eigenvalue weighted by Gasteiger charge is -2.28. The Labute approximate surface area is 120 Å². The smallest absolute Gasteiger partial charge is 0.171 e.